The molecule has 1 fully saturated rings. The van der Waals surface area contributed by atoms with Crippen molar-refractivity contribution >= 4 is 29.7 Å². The van der Waals surface area contributed by atoms with Crippen LogP contribution in [0.3, 0.4) is 0 Å². The third-order valence-electron chi connectivity index (χ3n) is 6.19. The summed E-state index contributed by atoms with van der Waals surface area (Å²) in [5.74, 6) is 0.228. The minimum absolute atomic E-state index is 0.0629. The summed E-state index contributed by atoms with van der Waals surface area (Å²) >= 11 is 1.61. The molecule has 0 aliphatic heterocycles. The van der Waals surface area contributed by atoms with Crippen LogP contribution in [0.25, 0.3) is 0 Å². The number of thioether (sulfide) groups is 1. The molecule has 0 heterocycles. The number of nitrogens with zero attached hydrogens (tertiary/aromatic N) is 1. The molecule has 8 heteroatoms. The standard InChI is InChI=1S/C28H45N3O4S/c1-18-13-14-20(17-19(18)2)23(24(32)30-27(3,4)5)31(21-11-10-12-21)25(33)22(15-16-36-9)29-26(34)35-28(6,7)8/h13-14,17,21-23H,10-12,15-16H2,1-9H3,(H,29,34)(H,30,32). The number of rotatable bonds is 9. The normalized spacial score (nSPS) is 15.9. The molecule has 0 spiro atoms. The highest BCUT2D eigenvalue weighted by Gasteiger charge is 2.42. The predicted molar refractivity (Wildman–Crippen MR) is 147 cm³/mol. The highest BCUT2D eigenvalue weighted by Crippen LogP contribution is 2.35. The molecule has 1 aromatic rings. The first-order valence-electron chi connectivity index (χ1n) is 12.8. The zero-order valence-electron chi connectivity index (χ0n) is 23.5. The van der Waals surface area contributed by atoms with Crippen LogP contribution in [0.1, 0.15) is 90.0 Å². The summed E-state index contributed by atoms with van der Waals surface area (Å²) in [5.41, 5.74) is 1.82. The van der Waals surface area contributed by atoms with E-state index in [2.05, 4.69) is 10.6 Å². The van der Waals surface area contributed by atoms with E-state index >= 15 is 0 Å². The molecule has 1 aliphatic carbocycles. The van der Waals surface area contributed by atoms with Crippen molar-refractivity contribution in [1.82, 2.24) is 15.5 Å². The molecule has 3 amide bonds. The first-order chi connectivity index (χ1) is 16.6. The Morgan fingerprint density at radius 3 is 2.19 bits per heavy atom. The van der Waals surface area contributed by atoms with Gasteiger partial charge in [0.05, 0.1) is 0 Å². The van der Waals surface area contributed by atoms with Gasteiger partial charge in [0.25, 0.3) is 0 Å². The van der Waals surface area contributed by atoms with Gasteiger partial charge >= 0.3 is 6.09 Å². The molecule has 0 bridgehead atoms. The Balaban J connectivity index is 2.52. The van der Waals surface area contributed by atoms with Crippen molar-refractivity contribution in [2.45, 2.75) is 110 Å². The van der Waals surface area contributed by atoms with Crippen LogP contribution in [0.2, 0.25) is 0 Å². The largest absolute Gasteiger partial charge is 0.444 e. The Bertz CT molecular complexity index is 932. The predicted octanol–water partition coefficient (Wildman–Crippen LogP) is 5.29. The summed E-state index contributed by atoms with van der Waals surface area (Å²) in [6.45, 7) is 15.2. The van der Waals surface area contributed by atoms with Crippen LogP contribution in [0, 0.1) is 13.8 Å². The number of alkyl carbamates (subject to hydrolysis) is 1. The number of hydrogen-bond acceptors (Lipinski definition) is 5. The van der Waals surface area contributed by atoms with E-state index in [9.17, 15) is 14.4 Å². The van der Waals surface area contributed by atoms with Crippen molar-refractivity contribution in [3.63, 3.8) is 0 Å². The van der Waals surface area contributed by atoms with E-state index in [0.717, 1.165) is 36.0 Å². The number of nitrogens with one attached hydrogen (secondary N) is 2. The molecular formula is C28H45N3O4S. The van der Waals surface area contributed by atoms with Crippen molar-refractivity contribution in [1.29, 1.82) is 0 Å². The molecule has 0 saturated heterocycles. The van der Waals surface area contributed by atoms with Gasteiger partial charge in [0.15, 0.2) is 0 Å². The van der Waals surface area contributed by atoms with Crippen LogP contribution in [-0.2, 0) is 14.3 Å². The summed E-state index contributed by atoms with van der Waals surface area (Å²) in [4.78, 5) is 42.4. The lowest BCUT2D eigenvalue weighted by Gasteiger charge is -2.44. The van der Waals surface area contributed by atoms with Gasteiger partial charge < -0.3 is 20.3 Å². The van der Waals surface area contributed by atoms with Crippen molar-refractivity contribution < 1.29 is 19.1 Å². The van der Waals surface area contributed by atoms with Crippen molar-refractivity contribution in [3.05, 3.63) is 34.9 Å². The van der Waals surface area contributed by atoms with E-state index in [-0.39, 0.29) is 17.9 Å². The molecule has 0 radical (unpaired) electrons. The molecule has 202 valence electrons. The Kier molecular flexibility index (Phi) is 10.3. The summed E-state index contributed by atoms with van der Waals surface area (Å²) in [7, 11) is 0. The Morgan fingerprint density at radius 1 is 1.08 bits per heavy atom. The fourth-order valence-electron chi connectivity index (χ4n) is 4.12. The summed E-state index contributed by atoms with van der Waals surface area (Å²) < 4.78 is 5.46. The number of aryl methyl sites for hydroxylation is 2. The molecule has 36 heavy (non-hydrogen) atoms. The number of hydrogen-bond donors (Lipinski definition) is 2. The average Bonchev–Trinajstić information content (AvgIpc) is 2.68. The summed E-state index contributed by atoms with van der Waals surface area (Å²) in [5, 5.41) is 5.90. The van der Waals surface area contributed by atoms with Gasteiger partial charge in [-0.2, -0.15) is 11.8 Å². The summed E-state index contributed by atoms with van der Waals surface area (Å²) in [6.07, 6.45) is 4.45. The lowest BCUT2D eigenvalue weighted by molar-refractivity contribution is -0.148. The van der Waals surface area contributed by atoms with Crippen LogP contribution in [0.5, 0.6) is 0 Å². The number of amides is 3. The topological polar surface area (TPSA) is 87.7 Å². The molecule has 1 aromatic carbocycles. The third-order valence-corrected chi connectivity index (χ3v) is 6.84. The van der Waals surface area contributed by atoms with Crippen molar-refractivity contribution in [2.24, 2.45) is 0 Å². The zero-order chi connectivity index (χ0) is 27.3. The molecule has 1 saturated carbocycles. The second-order valence-electron chi connectivity index (χ2n) is 11.8. The van der Waals surface area contributed by atoms with E-state index < -0.39 is 29.3 Å². The molecule has 2 N–H and O–H groups in total. The molecular weight excluding hydrogens is 474 g/mol. The van der Waals surface area contributed by atoms with Gasteiger partial charge in [-0.25, -0.2) is 4.79 Å². The van der Waals surface area contributed by atoms with Gasteiger partial charge in [-0.3, -0.25) is 9.59 Å². The minimum Gasteiger partial charge on any atom is -0.444 e. The fourth-order valence-corrected chi connectivity index (χ4v) is 4.59. The van der Waals surface area contributed by atoms with Crippen LogP contribution < -0.4 is 10.6 Å². The molecule has 7 nitrogen and oxygen atoms in total. The average molecular weight is 520 g/mol. The summed E-state index contributed by atoms with van der Waals surface area (Å²) in [6, 6.07) is 4.29. The Labute approximate surface area is 221 Å². The third kappa shape index (κ3) is 8.71. The smallest absolute Gasteiger partial charge is 0.408 e. The maximum Gasteiger partial charge on any atom is 0.408 e. The lowest BCUT2D eigenvalue weighted by atomic mass is 9.87. The first kappa shape index (κ1) is 30.0. The Hall–Kier alpha value is -2.22. The number of carbonyl (C=O) groups is 3. The van der Waals surface area contributed by atoms with Gasteiger partial charge in [0, 0.05) is 11.6 Å². The second-order valence-corrected chi connectivity index (χ2v) is 12.8. The number of ether oxygens (including phenoxy) is 1. The monoisotopic (exact) mass is 519 g/mol. The quantitative estimate of drug-likeness (QED) is 0.463. The van der Waals surface area contributed by atoms with E-state index in [1.165, 1.54) is 0 Å². The van der Waals surface area contributed by atoms with Gasteiger partial charge in [-0.15, -0.1) is 0 Å². The van der Waals surface area contributed by atoms with Gasteiger partial charge in [-0.1, -0.05) is 18.2 Å². The SMILES string of the molecule is CSCCC(NC(=O)OC(C)(C)C)C(=O)N(C1CCC1)C(C(=O)NC(C)(C)C)c1ccc(C)c(C)c1. The fraction of sp³-hybridized carbons (Fsp3) is 0.679. The number of carbonyl (C=O) groups excluding carboxylic acids is 3. The molecule has 1 aliphatic rings. The zero-order valence-corrected chi connectivity index (χ0v) is 24.3. The van der Waals surface area contributed by atoms with Gasteiger partial charge in [0.2, 0.25) is 11.8 Å². The van der Waals surface area contributed by atoms with Crippen LogP contribution in [-0.4, -0.2) is 58.0 Å². The highest BCUT2D eigenvalue weighted by molar-refractivity contribution is 7.98. The van der Waals surface area contributed by atoms with Crippen molar-refractivity contribution in [2.75, 3.05) is 12.0 Å². The minimum atomic E-state index is -0.793. The Morgan fingerprint density at radius 2 is 1.72 bits per heavy atom. The number of benzene rings is 1. The highest BCUT2D eigenvalue weighted by atomic mass is 32.2. The van der Waals surface area contributed by atoms with E-state index in [0.29, 0.717) is 12.2 Å². The van der Waals surface area contributed by atoms with E-state index in [4.69, 9.17) is 4.74 Å². The van der Waals surface area contributed by atoms with Gasteiger partial charge in [0.1, 0.15) is 17.7 Å². The lowest BCUT2D eigenvalue weighted by Crippen LogP contribution is -2.58. The van der Waals surface area contributed by atoms with E-state index in [1.54, 1.807) is 37.4 Å². The molecule has 2 rings (SSSR count). The van der Waals surface area contributed by atoms with Gasteiger partial charge in [-0.05, 0) is 110 Å². The van der Waals surface area contributed by atoms with Crippen molar-refractivity contribution in [3.8, 4) is 0 Å². The maximum absolute atomic E-state index is 14.2. The first-order valence-corrected chi connectivity index (χ1v) is 14.2. The van der Waals surface area contributed by atoms with Crippen LogP contribution in [0.15, 0.2) is 18.2 Å². The molecule has 2 unspecified atom stereocenters. The van der Waals surface area contributed by atoms with E-state index in [1.807, 2.05) is 59.1 Å². The second kappa shape index (κ2) is 12.3. The molecule has 0 aromatic heterocycles. The molecule has 2 atom stereocenters. The van der Waals surface area contributed by atoms with Crippen LogP contribution >= 0.6 is 11.8 Å². The maximum atomic E-state index is 14.2. The van der Waals surface area contributed by atoms with Crippen LogP contribution in [0.4, 0.5) is 4.79 Å².